The maximum absolute atomic E-state index is 11.9. The second-order valence-electron chi connectivity index (χ2n) is 3.10. The molecule has 1 nitrogen and oxygen atoms in total. The molecule has 4 heteroatoms. The number of rotatable bonds is 2. The number of alkyl halides is 3. The van der Waals surface area contributed by atoms with Crippen LogP contribution in [0.4, 0.5) is 13.2 Å². The highest BCUT2D eigenvalue weighted by Gasteiger charge is 2.31. The molecular formula is C8H12F3N. The predicted molar refractivity (Wildman–Crippen MR) is 40.6 cm³/mol. The van der Waals surface area contributed by atoms with E-state index in [1.807, 2.05) is 6.08 Å². The molecule has 0 bridgehead atoms. The molecule has 0 aromatic heterocycles. The Bertz CT molecular complexity index is 183. The molecule has 0 fully saturated rings. The van der Waals surface area contributed by atoms with Crippen LogP contribution < -0.4 is 5.73 Å². The topological polar surface area (TPSA) is 26.0 Å². The fourth-order valence-corrected chi connectivity index (χ4v) is 1.41. The lowest BCUT2D eigenvalue weighted by atomic mass is 10.0. The molecule has 0 saturated carbocycles. The van der Waals surface area contributed by atoms with E-state index in [1.165, 1.54) is 0 Å². The summed E-state index contributed by atoms with van der Waals surface area (Å²) in [6.07, 6.45) is -0.642. The van der Waals surface area contributed by atoms with Crippen molar-refractivity contribution >= 4 is 0 Å². The summed E-state index contributed by atoms with van der Waals surface area (Å²) < 4.78 is 35.6. The standard InChI is InChI=1S/C8H12F3N/c9-8(10,11)5-7(12)6-3-1-2-4-6/h3,7H,1-2,4-5,12H2. The fourth-order valence-electron chi connectivity index (χ4n) is 1.41. The predicted octanol–water partition coefficient (Wildman–Crippen LogP) is 2.38. The van der Waals surface area contributed by atoms with Crippen LogP contribution in [-0.4, -0.2) is 12.2 Å². The lowest BCUT2D eigenvalue weighted by Crippen LogP contribution is -2.28. The summed E-state index contributed by atoms with van der Waals surface area (Å²) in [5.41, 5.74) is 6.15. The van der Waals surface area contributed by atoms with Gasteiger partial charge in [0.1, 0.15) is 0 Å². The Labute approximate surface area is 69.4 Å². The first-order valence-electron chi connectivity index (χ1n) is 4.00. The van der Waals surface area contributed by atoms with Gasteiger partial charge in [-0.1, -0.05) is 11.6 Å². The van der Waals surface area contributed by atoms with Crippen LogP contribution in [-0.2, 0) is 0 Å². The van der Waals surface area contributed by atoms with Crippen molar-refractivity contribution < 1.29 is 13.2 Å². The third kappa shape index (κ3) is 2.85. The van der Waals surface area contributed by atoms with E-state index in [0.717, 1.165) is 24.8 Å². The fraction of sp³-hybridized carbons (Fsp3) is 0.750. The molecule has 1 aliphatic rings. The van der Waals surface area contributed by atoms with Crippen LogP contribution in [0, 0.1) is 0 Å². The van der Waals surface area contributed by atoms with Gasteiger partial charge in [0, 0.05) is 6.04 Å². The van der Waals surface area contributed by atoms with E-state index in [9.17, 15) is 13.2 Å². The molecule has 0 aromatic rings. The van der Waals surface area contributed by atoms with Gasteiger partial charge in [-0.2, -0.15) is 13.2 Å². The van der Waals surface area contributed by atoms with Gasteiger partial charge in [-0.05, 0) is 19.3 Å². The average molecular weight is 179 g/mol. The lowest BCUT2D eigenvalue weighted by molar-refractivity contribution is -0.136. The SMILES string of the molecule is NC(CC(F)(F)F)C1=CCCC1. The van der Waals surface area contributed by atoms with Crippen molar-refractivity contribution in [3.63, 3.8) is 0 Å². The molecule has 0 saturated heterocycles. The second-order valence-corrected chi connectivity index (χ2v) is 3.10. The van der Waals surface area contributed by atoms with Crippen LogP contribution in [0.1, 0.15) is 25.7 Å². The van der Waals surface area contributed by atoms with Crippen LogP contribution in [0.2, 0.25) is 0 Å². The van der Waals surface area contributed by atoms with Crippen LogP contribution >= 0.6 is 0 Å². The summed E-state index contributed by atoms with van der Waals surface area (Å²) in [5, 5.41) is 0. The highest BCUT2D eigenvalue weighted by Crippen LogP contribution is 2.27. The van der Waals surface area contributed by atoms with E-state index in [1.54, 1.807) is 0 Å². The third-order valence-electron chi connectivity index (χ3n) is 2.00. The zero-order valence-electron chi connectivity index (χ0n) is 6.69. The smallest absolute Gasteiger partial charge is 0.324 e. The van der Waals surface area contributed by atoms with E-state index < -0.39 is 18.6 Å². The van der Waals surface area contributed by atoms with Crippen LogP contribution in [0.3, 0.4) is 0 Å². The van der Waals surface area contributed by atoms with E-state index in [2.05, 4.69) is 0 Å². The summed E-state index contributed by atoms with van der Waals surface area (Å²) in [7, 11) is 0. The van der Waals surface area contributed by atoms with Gasteiger partial charge in [-0.25, -0.2) is 0 Å². The van der Waals surface area contributed by atoms with E-state index in [4.69, 9.17) is 5.73 Å². The van der Waals surface area contributed by atoms with E-state index >= 15 is 0 Å². The van der Waals surface area contributed by atoms with E-state index in [0.29, 0.717) is 0 Å². The Hall–Kier alpha value is -0.510. The Balaban J connectivity index is 2.42. The minimum atomic E-state index is -4.14. The molecule has 0 heterocycles. The zero-order valence-corrected chi connectivity index (χ0v) is 6.69. The maximum Gasteiger partial charge on any atom is 0.390 e. The minimum absolute atomic E-state index is 0.733. The summed E-state index contributed by atoms with van der Waals surface area (Å²) in [5.74, 6) is 0. The Morgan fingerprint density at radius 3 is 2.58 bits per heavy atom. The molecule has 1 unspecified atom stereocenters. The van der Waals surface area contributed by atoms with Gasteiger partial charge in [0.2, 0.25) is 0 Å². The molecule has 0 amide bonds. The molecule has 70 valence electrons. The Kier molecular flexibility index (Phi) is 2.77. The number of hydrogen-bond acceptors (Lipinski definition) is 1. The summed E-state index contributed by atoms with van der Waals surface area (Å²) >= 11 is 0. The van der Waals surface area contributed by atoms with Crippen molar-refractivity contribution in [2.45, 2.75) is 37.9 Å². The Morgan fingerprint density at radius 2 is 2.17 bits per heavy atom. The number of hydrogen-bond donors (Lipinski definition) is 1. The van der Waals surface area contributed by atoms with Crippen molar-refractivity contribution in [2.24, 2.45) is 5.73 Å². The normalized spacial score (nSPS) is 20.8. The van der Waals surface area contributed by atoms with Crippen molar-refractivity contribution in [3.05, 3.63) is 11.6 Å². The highest BCUT2D eigenvalue weighted by molar-refractivity contribution is 5.14. The highest BCUT2D eigenvalue weighted by atomic mass is 19.4. The molecule has 0 aliphatic heterocycles. The first kappa shape index (κ1) is 9.58. The quantitative estimate of drug-likeness (QED) is 0.647. The maximum atomic E-state index is 11.9. The number of nitrogens with two attached hydrogens (primary N) is 1. The summed E-state index contributed by atoms with van der Waals surface area (Å²) in [4.78, 5) is 0. The molecule has 1 rings (SSSR count). The van der Waals surface area contributed by atoms with Gasteiger partial charge in [0.05, 0.1) is 6.42 Å². The van der Waals surface area contributed by atoms with Gasteiger partial charge in [-0.3, -0.25) is 0 Å². The Morgan fingerprint density at radius 1 is 1.50 bits per heavy atom. The van der Waals surface area contributed by atoms with Crippen LogP contribution in [0.5, 0.6) is 0 Å². The molecule has 0 aromatic carbocycles. The monoisotopic (exact) mass is 179 g/mol. The second kappa shape index (κ2) is 3.47. The van der Waals surface area contributed by atoms with Crippen molar-refractivity contribution in [1.82, 2.24) is 0 Å². The van der Waals surface area contributed by atoms with Gasteiger partial charge in [0.15, 0.2) is 0 Å². The van der Waals surface area contributed by atoms with Crippen molar-refractivity contribution in [2.75, 3.05) is 0 Å². The molecule has 1 aliphatic carbocycles. The van der Waals surface area contributed by atoms with Gasteiger partial charge < -0.3 is 5.73 Å². The van der Waals surface area contributed by atoms with Gasteiger partial charge in [0.25, 0.3) is 0 Å². The summed E-state index contributed by atoms with van der Waals surface area (Å²) in [6.45, 7) is 0. The number of allylic oxidation sites excluding steroid dienone is 1. The van der Waals surface area contributed by atoms with Crippen LogP contribution in [0.15, 0.2) is 11.6 Å². The van der Waals surface area contributed by atoms with Gasteiger partial charge in [-0.15, -0.1) is 0 Å². The first-order valence-corrected chi connectivity index (χ1v) is 4.00. The number of halogens is 3. The molecule has 2 N–H and O–H groups in total. The third-order valence-corrected chi connectivity index (χ3v) is 2.00. The van der Waals surface area contributed by atoms with Crippen molar-refractivity contribution in [3.8, 4) is 0 Å². The average Bonchev–Trinajstić information content (AvgIpc) is 2.32. The minimum Gasteiger partial charge on any atom is -0.324 e. The molecule has 12 heavy (non-hydrogen) atoms. The molecular weight excluding hydrogens is 167 g/mol. The summed E-state index contributed by atoms with van der Waals surface area (Å²) in [6, 6.07) is -0.813. The molecule has 0 spiro atoms. The molecule has 1 atom stereocenters. The zero-order chi connectivity index (χ0) is 9.19. The van der Waals surface area contributed by atoms with Crippen LogP contribution in [0.25, 0.3) is 0 Å². The largest absolute Gasteiger partial charge is 0.390 e. The van der Waals surface area contributed by atoms with E-state index in [-0.39, 0.29) is 0 Å². The van der Waals surface area contributed by atoms with Gasteiger partial charge >= 0.3 is 6.18 Å². The lowest BCUT2D eigenvalue weighted by Gasteiger charge is -2.14. The molecule has 0 radical (unpaired) electrons. The first-order chi connectivity index (χ1) is 5.49. The van der Waals surface area contributed by atoms with Crippen molar-refractivity contribution in [1.29, 1.82) is 0 Å².